The van der Waals surface area contributed by atoms with Crippen LogP contribution in [0.1, 0.15) is 11.1 Å². The van der Waals surface area contributed by atoms with E-state index in [4.69, 9.17) is 21.1 Å². The molecule has 0 saturated carbocycles. The van der Waals surface area contributed by atoms with E-state index >= 15 is 0 Å². The molecule has 0 saturated heterocycles. The van der Waals surface area contributed by atoms with Crippen molar-refractivity contribution in [1.29, 1.82) is 0 Å². The van der Waals surface area contributed by atoms with Crippen LogP contribution in [0.2, 0.25) is 5.02 Å². The molecule has 1 aliphatic heterocycles. The standard InChI is InChI=1S/C24H20ClF3N2O5S/c1-34-18-6-8-19(9-7-18)36(32,33)30-14-22(35-21-10-5-17(25)12-20(21)30)23(31)29-13-15-3-2-4-16(11-15)24(26,27)28/h2-12,22H,13-14H2,1H3,(H,29,31)/t22-/m0/s1. The molecule has 0 radical (unpaired) electrons. The average Bonchev–Trinajstić information content (AvgIpc) is 2.86. The van der Waals surface area contributed by atoms with Crippen molar-refractivity contribution in [3.05, 3.63) is 82.9 Å². The van der Waals surface area contributed by atoms with Crippen molar-refractivity contribution < 1.29 is 35.9 Å². The van der Waals surface area contributed by atoms with Gasteiger partial charge in [0, 0.05) is 11.6 Å². The second kappa shape index (κ2) is 9.90. The minimum atomic E-state index is -4.52. The zero-order valence-electron chi connectivity index (χ0n) is 18.8. The predicted octanol–water partition coefficient (Wildman–Crippen LogP) is 4.64. The first-order valence-electron chi connectivity index (χ1n) is 10.6. The molecule has 3 aromatic carbocycles. The molecule has 3 aromatic rings. The number of benzene rings is 3. The number of nitrogens with one attached hydrogen (secondary N) is 1. The minimum absolute atomic E-state index is 0.0424. The smallest absolute Gasteiger partial charge is 0.416 e. The van der Waals surface area contributed by atoms with E-state index in [1.165, 1.54) is 61.7 Å². The number of methoxy groups -OCH3 is 1. The van der Waals surface area contributed by atoms with Gasteiger partial charge in [-0.2, -0.15) is 13.2 Å². The van der Waals surface area contributed by atoms with Gasteiger partial charge in [-0.05, 0) is 60.2 Å². The number of alkyl halides is 3. The highest BCUT2D eigenvalue weighted by molar-refractivity contribution is 7.92. The highest BCUT2D eigenvalue weighted by atomic mass is 35.5. The maximum absolute atomic E-state index is 13.5. The van der Waals surface area contributed by atoms with Gasteiger partial charge < -0.3 is 14.8 Å². The molecule has 1 atom stereocenters. The van der Waals surface area contributed by atoms with Crippen LogP contribution in [0.25, 0.3) is 0 Å². The number of amides is 1. The third kappa shape index (κ3) is 5.36. The summed E-state index contributed by atoms with van der Waals surface area (Å²) in [5, 5.41) is 2.78. The Morgan fingerprint density at radius 3 is 2.53 bits per heavy atom. The average molecular weight is 541 g/mol. The normalized spacial score (nSPS) is 15.6. The Labute approximate surface area is 210 Å². The van der Waals surface area contributed by atoms with Gasteiger partial charge >= 0.3 is 6.18 Å². The highest BCUT2D eigenvalue weighted by Gasteiger charge is 2.38. The SMILES string of the molecule is COc1ccc(S(=O)(=O)N2C[C@@H](C(=O)NCc3cccc(C(F)(F)F)c3)Oc3ccc(Cl)cc32)cc1. The molecular weight excluding hydrogens is 521 g/mol. The summed E-state index contributed by atoms with van der Waals surface area (Å²) >= 11 is 6.09. The fourth-order valence-corrected chi connectivity index (χ4v) is 5.26. The third-order valence-electron chi connectivity index (χ3n) is 5.45. The number of hydrogen-bond acceptors (Lipinski definition) is 5. The number of fused-ring (bicyclic) bond motifs is 1. The summed E-state index contributed by atoms with van der Waals surface area (Å²) in [4.78, 5) is 12.9. The van der Waals surface area contributed by atoms with E-state index in [0.717, 1.165) is 16.4 Å². The number of carbonyl (C=O) groups is 1. The number of nitrogens with zero attached hydrogens (tertiary/aromatic N) is 1. The molecule has 0 unspecified atom stereocenters. The molecule has 0 aromatic heterocycles. The molecule has 36 heavy (non-hydrogen) atoms. The van der Waals surface area contributed by atoms with E-state index in [1.807, 2.05) is 0 Å². The van der Waals surface area contributed by atoms with Gasteiger partial charge in [0.2, 0.25) is 0 Å². The highest BCUT2D eigenvalue weighted by Crippen LogP contribution is 2.39. The summed E-state index contributed by atoms with van der Waals surface area (Å²) in [7, 11) is -2.69. The van der Waals surface area contributed by atoms with Crippen LogP contribution >= 0.6 is 11.6 Å². The van der Waals surface area contributed by atoms with Crippen LogP contribution in [0.5, 0.6) is 11.5 Å². The number of halogens is 4. The van der Waals surface area contributed by atoms with Crippen LogP contribution in [0.15, 0.2) is 71.6 Å². The maximum Gasteiger partial charge on any atom is 0.416 e. The van der Waals surface area contributed by atoms with Crippen molar-refractivity contribution in [2.75, 3.05) is 18.0 Å². The van der Waals surface area contributed by atoms with E-state index in [1.54, 1.807) is 0 Å². The van der Waals surface area contributed by atoms with Crippen LogP contribution in [0, 0.1) is 0 Å². The number of hydrogen-bond donors (Lipinski definition) is 1. The first-order valence-corrected chi connectivity index (χ1v) is 12.4. The summed E-state index contributed by atoms with van der Waals surface area (Å²) in [6.45, 7) is -0.586. The van der Waals surface area contributed by atoms with Crippen LogP contribution < -0.4 is 19.1 Å². The van der Waals surface area contributed by atoms with E-state index in [0.29, 0.717) is 5.75 Å². The Bertz CT molecular complexity index is 1380. The monoisotopic (exact) mass is 540 g/mol. The van der Waals surface area contributed by atoms with Crippen molar-refractivity contribution in [3.63, 3.8) is 0 Å². The Hall–Kier alpha value is -3.44. The molecule has 0 fully saturated rings. The van der Waals surface area contributed by atoms with E-state index in [9.17, 15) is 26.4 Å². The van der Waals surface area contributed by atoms with Gasteiger partial charge in [-0.25, -0.2) is 8.42 Å². The Kier molecular flexibility index (Phi) is 7.05. The summed E-state index contributed by atoms with van der Waals surface area (Å²) in [6, 6.07) is 14.6. The summed E-state index contributed by atoms with van der Waals surface area (Å²) < 4.78 is 77.7. The second-order valence-electron chi connectivity index (χ2n) is 7.85. The van der Waals surface area contributed by atoms with E-state index in [2.05, 4.69) is 5.32 Å². The lowest BCUT2D eigenvalue weighted by molar-refractivity contribution is -0.137. The molecule has 1 amide bonds. The molecule has 4 rings (SSSR count). The number of carbonyl (C=O) groups excluding carboxylic acids is 1. The molecule has 190 valence electrons. The van der Waals surface area contributed by atoms with Gasteiger partial charge in [-0.1, -0.05) is 23.7 Å². The van der Waals surface area contributed by atoms with E-state index in [-0.39, 0.29) is 40.0 Å². The molecule has 0 bridgehead atoms. The Balaban J connectivity index is 1.59. The molecule has 1 heterocycles. The lowest BCUT2D eigenvalue weighted by atomic mass is 10.1. The van der Waals surface area contributed by atoms with Gasteiger partial charge in [0.05, 0.1) is 29.8 Å². The van der Waals surface area contributed by atoms with Crippen molar-refractivity contribution in [2.24, 2.45) is 0 Å². The molecule has 12 heteroatoms. The molecule has 0 aliphatic carbocycles. The molecule has 1 N–H and O–H groups in total. The topological polar surface area (TPSA) is 84.9 Å². The van der Waals surface area contributed by atoms with Gasteiger partial charge in [0.1, 0.15) is 11.5 Å². The van der Waals surface area contributed by atoms with Gasteiger partial charge in [-0.15, -0.1) is 0 Å². The van der Waals surface area contributed by atoms with Crippen molar-refractivity contribution in [3.8, 4) is 11.5 Å². The fourth-order valence-electron chi connectivity index (χ4n) is 3.62. The fraction of sp³-hybridized carbons (Fsp3) is 0.208. The molecule has 1 aliphatic rings. The number of sulfonamides is 1. The number of ether oxygens (including phenoxy) is 2. The van der Waals surface area contributed by atoms with E-state index < -0.39 is 33.8 Å². The lowest BCUT2D eigenvalue weighted by Crippen LogP contribution is -2.50. The van der Waals surface area contributed by atoms with Gasteiger partial charge in [-0.3, -0.25) is 9.10 Å². The van der Waals surface area contributed by atoms with Gasteiger partial charge in [0.15, 0.2) is 6.10 Å². The van der Waals surface area contributed by atoms with Crippen LogP contribution in [0.3, 0.4) is 0 Å². The van der Waals surface area contributed by atoms with Crippen molar-refractivity contribution in [1.82, 2.24) is 5.32 Å². The first-order chi connectivity index (χ1) is 17.0. The van der Waals surface area contributed by atoms with Crippen molar-refractivity contribution >= 4 is 33.2 Å². The van der Waals surface area contributed by atoms with Crippen LogP contribution in [-0.4, -0.2) is 34.1 Å². The molecular formula is C24H20ClF3N2O5S. The number of anilines is 1. The largest absolute Gasteiger partial charge is 0.497 e. The summed E-state index contributed by atoms with van der Waals surface area (Å²) in [5.41, 5.74) is -0.463. The second-order valence-corrected chi connectivity index (χ2v) is 10.1. The quantitative estimate of drug-likeness (QED) is 0.492. The Morgan fingerprint density at radius 2 is 1.86 bits per heavy atom. The molecule has 7 nitrogen and oxygen atoms in total. The maximum atomic E-state index is 13.5. The predicted molar refractivity (Wildman–Crippen MR) is 127 cm³/mol. The zero-order valence-corrected chi connectivity index (χ0v) is 20.3. The van der Waals surface area contributed by atoms with Crippen LogP contribution in [0.4, 0.5) is 18.9 Å². The van der Waals surface area contributed by atoms with Crippen molar-refractivity contribution in [2.45, 2.75) is 23.7 Å². The minimum Gasteiger partial charge on any atom is -0.497 e. The number of rotatable bonds is 6. The third-order valence-corrected chi connectivity index (χ3v) is 7.48. The lowest BCUT2D eigenvalue weighted by Gasteiger charge is -2.35. The zero-order chi connectivity index (χ0) is 26.1. The summed E-state index contributed by atoms with van der Waals surface area (Å²) in [6.07, 6.45) is -5.79. The summed E-state index contributed by atoms with van der Waals surface area (Å²) in [5.74, 6) is -0.115. The first kappa shape index (κ1) is 25.6. The van der Waals surface area contributed by atoms with Gasteiger partial charge in [0.25, 0.3) is 15.9 Å². The molecule has 0 spiro atoms. The Morgan fingerprint density at radius 1 is 1.14 bits per heavy atom. The van der Waals surface area contributed by atoms with Crippen LogP contribution in [-0.2, 0) is 27.5 Å².